The van der Waals surface area contributed by atoms with Crippen molar-refractivity contribution < 1.29 is 28.5 Å². The second-order valence-electron chi connectivity index (χ2n) is 17.9. The number of carbonyl (C=O) groups excluding carboxylic acids is 2. The summed E-state index contributed by atoms with van der Waals surface area (Å²) in [5, 5.41) is 0. The molecule has 5 aliphatic carbocycles. The summed E-state index contributed by atoms with van der Waals surface area (Å²) >= 11 is 0. The van der Waals surface area contributed by atoms with E-state index in [4.69, 9.17) is 18.9 Å². The Kier molecular flexibility index (Phi) is 8.01. The molecule has 1 saturated heterocycles. The maximum atomic E-state index is 14.6. The Balaban J connectivity index is 1.29. The van der Waals surface area contributed by atoms with E-state index in [0.717, 1.165) is 63.4 Å². The number of carbonyl (C=O) groups is 2. The van der Waals surface area contributed by atoms with Crippen LogP contribution in [0.25, 0.3) is 0 Å². The maximum Gasteiger partial charge on any atom is 0.310 e. The van der Waals surface area contributed by atoms with Gasteiger partial charge in [-0.1, -0.05) is 90.4 Å². The molecule has 7 rings (SSSR count). The van der Waals surface area contributed by atoms with Crippen molar-refractivity contribution in [1.29, 1.82) is 0 Å². The standard InChI is InChI=1S/C41H58O6/c1-26(2)27(3)36(4)18-19-38(6)29-14-15-31-37(5)23-41(34(44-8)33(37)45-21-20-42)24-40(31,25-47-41)30(29)16-17-39(38,7)32(36)35(43)46-22-28-12-10-9-11-13-28/h9-13,16,20,26-27,29,31-34H,14-15,17-19,21-25H2,1-8H3/t27-,29+,31+,32-,33+,34+,36-,37-,38-,39+,40+,41?/m1/s1. The van der Waals surface area contributed by atoms with Gasteiger partial charge < -0.3 is 23.7 Å². The summed E-state index contributed by atoms with van der Waals surface area (Å²) in [6.45, 7) is 17.9. The van der Waals surface area contributed by atoms with Crippen LogP contribution in [0.1, 0.15) is 99.0 Å². The predicted octanol–water partition coefficient (Wildman–Crippen LogP) is 7.98. The van der Waals surface area contributed by atoms with E-state index in [9.17, 15) is 9.59 Å². The van der Waals surface area contributed by atoms with Crippen molar-refractivity contribution in [3.8, 4) is 0 Å². The molecule has 12 atom stereocenters. The first-order valence-electron chi connectivity index (χ1n) is 18.4. The summed E-state index contributed by atoms with van der Waals surface area (Å²) in [6.07, 6.45) is 10.2. The van der Waals surface area contributed by atoms with Crippen molar-refractivity contribution in [3.05, 3.63) is 47.5 Å². The highest BCUT2D eigenvalue weighted by Crippen LogP contribution is 2.78. The Bertz CT molecular complexity index is 1420. The monoisotopic (exact) mass is 646 g/mol. The summed E-state index contributed by atoms with van der Waals surface area (Å²) < 4.78 is 25.8. The smallest absolute Gasteiger partial charge is 0.310 e. The van der Waals surface area contributed by atoms with Crippen LogP contribution >= 0.6 is 0 Å². The molecule has 0 N–H and O–H groups in total. The Hall–Kier alpha value is -2.02. The lowest BCUT2D eigenvalue weighted by molar-refractivity contribution is -0.202. The summed E-state index contributed by atoms with van der Waals surface area (Å²) in [7, 11) is 1.78. The topological polar surface area (TPSA) is 71.1 Å². The average Bonchev–Trinajstić information content (AvgIpc) is 3.46. The molecule has 6 nitrogen and oxygen atoms in total. The Morgan fingerprint density at radius 3 is 2.43 bits per heavy atom. The molecule has 4 saturated carbocycles. The molecule has 6 aliphatic rings. The third-order valence-corrected chi connectivity index (χ3v) is 15.9. The summed E-state index contributed by atoms with van der Waals surface area (Å²) in [6, 6.07) is 10.1. The van der Waals surface area contributed by atoms with Crippen LogP contribution in [-0.4, -0.2) is 50.4 Å². The number of hydrogen-bond donors (Lipinski definition) is 0. The minimum absolute atomic E-state index is 0.0227. The maximum absolute atomic E-state index is 14.6. The lowest BCUT2D eigenvalue weighted by Gasteiger charge is -2.68. The van der Waals surface area contributed by atoms with E-state index in [1.165, 1.54) is 0 Å². The van der Waals surface area contributed by atoms with E-state index in [0.29, 0.717) is 30.3 Å². The van der Waals surface area contributed by atoms with Gasteiger partial charge in [-0.3, -0.25) is 4.79 Å². The minimum Gasteiger partial charge on any atom is -0.461 e. The zero-order valence-corrected chi connectivity index (χ0v) is 30.1. The molecular formula is C41H58O6. The lowest BCUT2D eigenvalue weighted by atomic mass is 9.35. The number of esters is 1. The number of methoxy groups -OCH3 is 1. The van der Waals surface area contributed by atoms with E-state index < -0.39 is 0 Å². The molecule has 0 aromatic heterocycles. The molecule has 0 radical (unpaired) electrons. The molecule has 47 heavy (non-hydrogen) atoms. The van der Waals surface area contributed by atoms with Gasteiger partial charge in [0, 0.05) is 17.9 Å². The molecule has 1 aliphatic heterocycles. The van der Waals surface area contributed by atoms with Crippen molar-refractivity contribution in [2.75, 3.05) is 20.3 Å². The van der Waals surface area contributed by atoms with Crippen molar-refractivity contribution in [2.45, 2.75) is 118 Å². The van der Waals surface area contributed by atoms with Crippen molar-refractivity contribution >= 4 is 12.3 Å². The Labute approximate surface area is 282 Å². The molecule has 0 amide bonds. The van der Waals surface area contributed by atoms with Crippen molar-refractivity contribution in [2.24, 2.45) is 56.7 Å². The first-order valence-corrected chi connectivity index (χ1v) is 18.4. The molecule has 1 unspecified atom stereocenters. The summed E-state index contributed by atoms with van der Waals surface area (Å²) in [5.74, 6) is 1.41. The van der Waals surface area contributed by atoms with Gasteiger partial charge in [0.05, 0.1) is 24.2 Å². The number of ether oxygens (including phenoxy) is 4. The fraction of sp³-hybridized carbons (Fsp3) is 0.756. The number of hydrogen-bond acceptors (Lipinski definition) is 6. The van der Waals surface area contributed by atoms with E-state index in [1.54, 1.807) is 12.7 Å². The van der Waals surface area contributed by atoms with Gasteiger partial charge in [-0.05, 0) is 90.4 Å². The molecule has 1 heterocycles. The zero-order chi connectivity index (χ0) is 33.6. The van der Waals surface area contributed by atoms with Crippen molar-refractivity contribution in [3.63, 3.8) is 0 Å². The number of benzene rings is 1. The first kappa shape index (κ1) is 33.5. The number of fused-ring (bicyclic) bond motifs is 5. The van der Waals surface area contributed by atoms with Crippen LogP contribution in [-0.2, 0) is 35.1 Å². The number of allylic oxidation sites excluding steroid dienone is 1. The Morgan fingerprint density at radius 2 is 1.74 bits per heavy atom. The van der Waals surface area contributed by atoms with Crippen LogP contribution in [0, 0.1) is 56.7 Å². The second-order valence-corrected chi connectivity index (χ2v) is 17.9. The highest BCUT2D eigenvalue weighted by atomic mass is 16.6. The van der Waals surface area contributed by atoms with Gasteiger partial charge in [0.25, 0.3) is 0 Å². The molecular weight excluding hydrogens is 588 g/mol. The van der Waals surface area contributed by atoms with E-state index in [1.807, 2.05) is 30.3 Å². The van der Waals surface area contributed by atoms with Gasteiger partial charge in [0.2, 0.25) is 0 Å². The number of rotatable bonds is 9. The molecule has 6 heteroatoms. The quantitative estimate of drug-likeness (QED) is 0.154. The Morgan fingerprint density at radius 1 is 1.00 bits per heavy atom. The van der Waals surface area contributed by atoms with E-state index in [2.05, 4.69) is 54.5 Å². The van der Waals surface area contributed by atoms with E-state index in [-0.39, 0.29) is 63.4 Å². The lowest BCUT2D eigenvalue weighted by Crippen LogP contribution is -2.64. The van der Waals surface area contributed by atoms with Gasteiger partial charge in [-0.2, -0.15) is 0 Å². The number of aldehydes is 1. The third kappa shape index (κ3) is 4.38. The third-order valence-electron chi connectivity index (χ3n) is 15.9. The van der Waals surface area contributed by atoms with Crippen LogP contribution in [0.4, 0.5) is 0 Å². The molecule has 1 aromatic carbocycles. The molecule has 3 bridgehead atoms. The van der Waals surface area contributed by atoms with Crippen LogP contribution in [0.3, 0.4) is 0 Å². The van der Waals surface area contributed by atoms with Gasteiger partial charge in [-0.15, -0.1) is 0 Å². The zero-order valence-electron chi connectivity index (χ0n) is 30.1. The average molecular weight is 647 g/mol. The highest BCUT2D eigenvalue weighted by molar-refractivity contribution is 5.75. The van der Waals surface area contributed by atoms with Gasteiger partial charge in [0.1, 0.15) is 25.6 Å². The first-order chi connectivity index (χ1) is 22.3. The summed E-state index contributed by atoms with van der Waals surface area (Å²) in [5.41, 5.74) is 1.58. The van der Waals surface area contributed by atoms with Gasteiger partial charge >= 0.3 is 5.97 Å². The van der Waals surface area contributed by atoms with E-state index >= 15 is 0 Å². The van der Waals surface area contributed by atoms with Gasteiger partial charge in [-0.25, -0.2) is 0 Å². The molecule has 258 valence electrons. The molecule has 2 spiro atoms. The van der Waals surface area contributed by atoms with Crippen LogP contribution in [0.5, 0.6) is 0 Å². The summed E-state index contributed by atoms with van der Waals surface area (Å²) in [4.78, 5) is 26.1. The highest BCUT2D eigenvalue weighted by Gasteiger charge is 2.78. The SMILES string of the molecule is CO[C@H]1[C@H](OCC=O)[C@]2(C)CC13C[C@]1(CO3)C3=CC[C@@]4(C)[C@H](C(=O)OCc5ccccc5)[C@@](C)([C@H](C)C(C)C)CC[C@]4(C)[C@H]3CC[C@H]12. The fourth-order valence-corrected chi connectivity index (χ4v) is 13.3. The predicted molar refractivity (Wildman–Crippen MR) is 181 cm³/mol. The van der Waals surface area contributed by atoms with Crippen LogP contribution in [0.15, 0.2) is 42.0 Å². The normalized spacial score (nSPS) is 47.0. The largest absolute Gasteiger partial charge is 0.461 e. The minimum atomic E-state index is -0.389. The van der Waals surface area contributed by atoms with Crippen LogP contribution in [0.2, 0.25) is 0 Å². The molecule has 1 aromatic rings. The van der Waals surface area contributed by atoms with Gasteiger partial charge in [0.15, 0.2) is 0 Å². The fourth-order valence-electron chi connectivity index (χ4n) is 13.3. The second kappa shape index (κ2) is 11.3. The van der Waals surface area contributed by atoms with Crippen molar-refractivity contribution in [1.82, 2.24) is 0 Å². The van der Waals surface area contributed by atoms with Crippen LogP contribution < -0.4 is 0 Å². The molecule has 5 fully saturated rings.